The Bertz CT molecular complexity index is 378. The highest BCUT2D eigenvalue weighted by atomic mass is 19.4. The van der Waals surface area contributed by atoms with Gasteiger partial charge in [-0.2, -0.15) is 13.2 Å². The Balaban J connectivity index is 2.43. The number of nitrogens with two attached hydrogens (primary N) is 1. The van der Waals surface area contributed by atoms with Gasteiger partial charge in [-0.1, -0.05) is 18.9 Å². The maximum atomic E-state index is 12.8. The predicted molar refractivity (Wildman–Crippen MR) is 57.1 cm³/mol. The number of anilines is 1. The van der Waals surface area contributed by atoms with E-state index in [1.54, 1.807) is 6.07 Å². The van der Waals surface area contributed by atoms with Gasteiger partial charge >= 0.3 is 6.18 Å². The minimum absolute atomic E-state index is 0.0530. The lowest BCUT2D eigenvalue weighted by Gasteiger charge is -2.17. The van der Waals surface area contributed by atoms with E-state index >= 15 is 0 Å². The normalized spacial score (nSPS) is 17.9. The van der Waals surface area contributed by atoms with Crippen molar-refractivity contribution in [2.75, 3.05) is 5.73 Å². The van der Waals surface area contributed by atoms with Crippen molar-refractivity contribution in [1.82, 2.24) is 0 Å². The summed E-state index contributed by atoms with van der Waals surface area (Å²) in [5.74, 6) is 0.0530. The van der Waals surface area contributed by atoms with Crippen LogP contribution in [0.25, 0.3) is 0 Å². The highest BCUT2D eigenvalue weighted by Crippen LogP contribution is 2.42. The van der Waals surface area contributed by atoms with E-state index in [9.17, 15) is 13.2 Å². The average Bonchev–Trinajstić information content (AvgIpc) is 2.69. The molecule has 0 unspecified atom stereocenters. The molecule has 0 bridgehead atoms. The third-order valence-corrected chi connectivity index (χ3v) is 3.18. The van der Waals surface area contributed by atoms with Crippen molar-refractivity contribution >= 4 is 5.69 Å². The van der Waals surface area contributed by atoms with Crippen molar-refractivity contribution in [2.45, 2.75) is 37.8 Å². The quantitative estimate of drug-likeness (QED) is 0.725. The minimum atomic E-state index is -4.30. The largest absolute Gasteiger partial charge is 0.416 e. The summed E-state index contributed by atoms with van der Waals surface area (Å²) in [7, 11) is 0. The second-order valence-corrected chi connectivity index (χ2v) is 4.33. The van der Waals surface area contributed by atoms with E-state index in [4.69, 9.17) is 5.73 Å². The molecule has 0 saturated heterocycles. The van der Waals surface area contributed by atoms with Crippen LogP contribution in [0.3, 0.4) is 0 Å². The Morgan fingerprint density at radius 1 is 1.12 bits per heavy atom. The summed E-state index contributed by atoms with van der Waals surface area (Å²) >= 11 is 0. The highest BCUT2D eigenvalue weighted by molar-refractivity contribution is 5.47. The molecule has 1 aromatic carbocycles. The average molecular weight is 229 g/mol. The van der Waals surface area contributed by atoms with Crippen LogP contribution in [0.4, 0.5) is 18.9 Å². The molecule has 2 N–H and O–H groups in total. The van der Waals surface area contributed by atoms with Gasteiger partial charge in [-0.15, -0.1) is 0 Å². The van der Waals surface area contributed by atoms with E-state index < -0.39 is 11.7 Å². The third-order valence-electron chi connectivity index (χ3n) is 3.18. The van der Waals surface area contributed by atoms with E-state index in [1.807, 2.05) is 0 Å². The van der Waals surface area contributed by atoms with E-state index in [1.165, 1.54) is 6.07 Å². The lowest BCUT2D eigenvalue weighted by Crippen LogP contribution is -2.11. The van der Waals surface area contributed by atoms with Crippen molar-refractivity contribution < 1.29 is 13.2 Å². The molecule has 0 heterocycles. The molecule has 1 fully saturated rings. The Kier molecular flexibility index (Phi) is 2.82. The van der Waals surface area contributed by atoms with Gasteiger partial charge in [0.1, 0.15) is 0 Å². The van der Waals surface area contributed by atoms with E-state index in [0.717, 1.165) is 31.7 Å². The molecule has 0 spiro atoms. The smallest absolute Gasteiger partial charge is 0.399 e. The molecule has 1 saturated carbocycles. The van der Waals surface area contributed by atoms with Crippen LogP contribution in [-0.2, 0) is 6.18 Å². The molecule has 1 aromatic rings. The summed E-state index contributed by atoms with van der Waals surface area (Å²) in [5, 5.41) is 0. The fourth-order valence-electron chi connectivity index (χ4n) is 2.41. The second kappa shape index (κ2) is 4.00. The summed E-state index contributed by atoms with van der Waals surface area (Å²) in [6.45, 7) is 0. The summed E-state index contributed by atoms with van der Waals surface area (Å²) < 4.78 is 38.5. The molecule has 0 aliphatic heterocycles. The Morgan fingerprint density at radius 3 is 2.31 bits per heavy atom. The lowest BCUT2D eigenvalue weighted by molar-refractivity contribution is -0.138. The first-order valence-electron chi connectivity index (χ1n) is 5.45. The Hall–Kier alpha value is -1.19. The van der Waals surface area contributed by atoms with Gasteiger partial charge in [-0.3, -0.25) is 0 Å². The van der Waals surface area contributed by atoms with Gasteiger partial charge in [0.25, 0.3) is 0 Å². The molecule has 2 rings (SSSR count). The molecule has 0 aromatic heterocycles. The highest BCUT2D eigenvalue weighted by Gasteiger charge is 2.35. The number of hydrogen-bond acceptors (Lipinski definition) is 1. The molecule has 0 radical (unpaired) electrons. The molecule has 88 valence electrons. The first-order valence-corrected chi connectivity index (χ1v) is 5.45. The summed E-state index contributed by atoms with van der Waals surface area (Å²) in [4.78, 5) is 0. The zero-order valence-corrected chi connectivity index (χ0v) is 8.85. The molecule has 1 nitrogen and oxygen atoms in total. The van der Waals surface area contributed by atoms with Crippen LogP contribution in [-0.4, -0.2) is 0 Å². The van der Waals surface area contributed by atoms with Gasteiger partial charge in [0, 0.05) is 5.69 Å². The Labute approximate surface area is 92.5 Å². The van der Waals surface area contributed by atoms with Crippen LogP contribution in [0, 0.1) is 0 Å². The fraction of sp³-hybridized carbons (Fsp3) is 0.500. The van der Waals surface area contributed by atoms with Crippen molar-refractivity contribution in [2.24, 2.45) is 0 Å². The first kappa shape index (κ1) is 11.3. The van der Waals surface area contributed by atoms with Crippen molar-refractivity contribution in [3.8, 4) is 0 Å². The molecule has 1 aliphatic carbocycles. The molecule has 4 heteroatoms. The SMILES string of the molecule is Nc1ccc(C2CCCC2)c(C(F)(F)F)c1. The van der Waals surface area contributed by atoms with Gasteiger partial charge in [0.15, 0.2) is 0 Å². The van der Waals surface area contributed by atoms with Gasteiger partial charge in [0.2, 0.25) is 0 Å². The van der Waals surface area contributed by atoms with E-state index in [-0.39, 0.29) is 11.6 Å². The van der Waals surface area contributed by atoms with Crippen LogP contribution in [0.5, 0.6) is 0 Å². The molecule has 1 aliphatic rings. The van der Waals surface area contributed by atoms with Crippen LogP contribution in [0.1, 0.15) is 42.7 Å². The number of benzene rings is 1. The van der Waals surface area contributed by atoms with Crippen molar-refractivity contribution in [3.05, 3.63) is 29.3 Å². The number of hydrogen-bond donors (Lipinski definition) is 1. The Morgan fingerprint density at radius 2 is 1.75 bits per heavy atom. The lowest BCUT2D eigenvalue weighted by atomic mass is 9.92. The number of rotatable bonds is 1. The summed E-state index contributed by atoms with van der Waals surface area (Å²) in [6, 6.07) is 4.14. The first-order chi connectivity index (χ1) is 7.48. The molecule has 0 amide bonds. The van der Waals surface area contributed by atoms with E-state index in [0.29, 0.717) is 5.56 Å². The third kappa shape index (κ3) is 2.15. The molecular formula is C12H14F3N. The van der Waals surface area contributed by atoms with Crippen LogP contribution in [0.15, 0.2) is 18.2 Å². The minimum Gasteiger partial charge on any atom is -0.399 e. The second-order valence-electron chi connectivity index (χ2n) is 4.33. The maximum Gasteiger partial charge on any atom is 0.416 e. The summed E-state index contributed by atoms with van der Waals surface area (Å²) in [5.41, 5.74) is 5.46. The zero-order valence-electron chi connectivity index (χ0n) is 8.85. The molecular weight excluding hydrogens is 215 g/mol. The monoisotopic (exact) mass is 229 g/mol. The van der Waals surface area contributed by atoms with Gasteiger partial charge in [-0.05, 0) is 36.5 Å². The van der Waals surface area contributed by atoms with Gasteiger partial charge in [0.05, 0.1) is 5.56 Å². The van der Waals surface area contributed by atoms with Crippen LogP contribution in [0.2, 0.25) is 0 Å². The number of halogens is 3. The van der Waals surface area contributed by atoms with Crippen molar-refractivity contribution in [1.29, 1.82) is 0 Å². The predicted octanol–water partition coefficient (Wildman–Crippen LogP) is 3.95. The summed E-state index contributed by atoms with van der Waals surface area (Å²) in [6.07, 6.45) is -0.550. The van der Waals surface area contributed by atoms with Gasteiger partial charge < -0.3 is 5.73 Å². The van der Waals surface area contributed by atoms with Crippen LogP contribution < -0.4 is 5.73 Å². The molecule has 16 heavy (non-hydrogen) atoms. The van der Waals surface area contributed by atoms with E-state index in [2.05, 4.69) is 0 Å². The fourth-order valence-corrected chi connectivity index (χ4v) is 2.41. The van der Waals surface area contributed by atoms with Gasteiger partial charge in [-0.25, -0.2) is 0 Å². The van der Waals surface area contributed by atoms with Crippen molar-refractivity contribution in [3.63, 3.8) is 0 Å². The van der Waals surface area contributed by atoms with Crippen LogP contribution >= 0.6 is 0 Å². The standard InChI is InChI=1S/C12H14F3N/c13-12(14,15)11-7-9(16)5-6-10(11)8-3-1-2-4-8/h5-8H,1-4,16H2. The molecule has 0 atom stereocenters. The topological polar surface area (TPSA) is 26.0 Å². The zero-order chi connectivity index (χ0) is 11.8. The number of nitrogen functional groups attached to an aromatic ring is 1. The maximum absolute atomic E-state index is 12.8. The number of alkyl halides is 3.